The molecule has 20 heavy (non-hydrogen) atoms. The van der Waals surface area contributed by atoms with Gasteiger partial charge in [0.1, 0.15) is 11.6 Å². The van der Waals surface area contributed by atoms with E-state index in [2.05, 4.69) is 53.0 Å². The average Bonchev–Trinajstić information content (AvgIpc) is 2.42. The molecule has 0 radical (unpaired) electrons. The van der Waals surface area contributed by atoms with Gasteiger partial charge in [-0.25, -0.2) is 9.97 Å². The van der Waals surface area contributed by atoms with Crippen molar-refractivity contribution in [3.05, 3.63) is 6.07 Å². The lowest BCUT2D eigenvalue weighted by atomic mass is 10.2. The van der Waals surface area contributed by atoms with E-state index in [0.717, 1.165) is 36.4 Å². The minimum Gasteiger partial charge on any atom is -0.373 e. The lowest BCUT2D eigenvalue weighted by Gasteiger charge is -2.27. The van der Waals surface area contributed by atoms with Crippen molar-refractivity contribution in [2.24, 2.45) is 5.92 Å². The molecule has 0 aliphatic carbocycles. The molecular weight excluding hydrogens is 270 g/mol. The summed E-state index contributed by atoms with van der Waals surface area (Å²) in [5, 5.41) is 3.92. The normalized spacial score (nSPS) is 11.2. The molecule has 0 atom stereocenters. The van der Waals surface area contributed by atoms with Gasteiger partial charge in [-0.05, 0) is 26.3 Å². The van der Waals surface area contributed by atoms with E-state index in [1.165, 1.54) is 0 Å². The topological polar surface area (TPSA) is 44.3 Å². The maximum Gasteiger partial charge on any atom is 0.191 e. The van der Waals surface area contributed by atoms with Crippen molar-refractivity contribution < 1.29 is 0 Å². The van der Waals surface area contributed by atoms with E-state index in [-0.39, 0.29) is 0 Å². The largest absolute Gasteiger partial charge is 0.373 e. The van der Waals surface area contributed by atoms with Crippen molar-refractivity contribution >= 4 is 23.4 Å². The van der Waals surface area contributed by atoms with Gasteiger partial charge in [-0.15, -0.1) is 0 Å². The molecule has 6 heteroatoms. The number of likely N-dealkylation sites (N-methyl/N-ethyl adjacent to an activating group) is 1. The molecule has 5 nitrogen and oxygen atoms in total. The molecule has 0 saturated heterocycles. The molecule has 0 aliphatic rings. The van der Waals surface area contributed by atoms with Crippen molar-refractivity contribution in [2.75, 3.05) is 57.2 Å². The Morgan fingerprint density at radius 3 is 2.45 bits per heavy atom. The number of aromatic nitrogens is 2. The van der Waals surface area contributed by atoms with Crippen molar-refractivity contribution in [3.63, 3.8) is 0 Å². The highest BCUT2D eigenvalue weighted by atomic mass is 32.2. The summed E-state index contributed by atoms with van der Waals surface area (Å²) in [4.78, 5) is 13.6. The van der Waals surface area contributed by atoms with E-state index >= 15 is 0 Å². The second-order valence-corrected chi connectivity index (χ2v) is 6.26. The van der Waals surface area contributed by atoms with Gasteiger partial charge in [-0.3, -0.25) is 0 Å². The number of nitrogens with zero attached hydrogens (tertiary/aromatic N) is 4. The van der Waals surface area contributed by atoms with Crippen molar-refractivity contribution in [2.45, 2.75) is 19.0 Å². The fourth-order valence-electron chi connectivity index (χ4n) is 1.86. The molecule has 0 aromatic carbocycles. The molecule has 0 fully saturated rings. The van der Waals surface area contributed by atoms with Gasteiger partial charge in [-0.1, -0.05) is 25.6 Å². The fraction of sp³-hybridized carbons (Fsp3) is 0.714. The summed E-state index contributed by atoms with van der Waals surface area (Å²) in [5.41, 5.74) is 0. The van der Waals surface area contributed by atoms with Crippen molar-refractivity contribution in [1.82, 2.24) is 14.9 Å². The Bertz CT molecular complexity index is 386. The Hall–Kier alpha value is -1.01. The summed E-state index contributed by atoms with van der Waals surface area (Å²) in [5.74, 6) is 2.48. The van der Waals surface area contributed by atoms with Gasteiger partial charge in [-0.2, -0.15) is 0 Å². The predicted molar refractivity (Wildman–Crippen MR) is 89.0 cm³/mol. The van der Waals surface area contributed by atoms with Crippen LogP contribution < -0.4 is 10.2 Å². The Labute approximate surface area is 127 Å². The third kappa shape index (κ3) is 5.54. The van der Waals surface area contributed by atoms with E-state index in [0.29, 0.717) is 5.92 Å². The van der Waals surface area contributed by atoms with Crippen LogP contribution >= 0.6 is 11.8 Å². The molecule has 0 spiro atoms. The summed E-state index contributed by atoms with van der Waals surface area (Å²) >= 11 is 1.57. The Morgan fingerprint density at radius 1 is 1.25 bits per heavy atom. The average molecular weight is 297 g/mol. The molecule has 1 heterocycles. The Kier molecular flexibility index (Phi) is 7.09. The zero-order valence-corrected chi connectivity index (χ0v) is 14.3. The monoisotopic (exact) mass is 297 g/mol. The molecular formula is C14H27N5S. The van der Waals surface area contributed by atoms with E-state index in [4.69, 9.17) is 0 Å². The number of hydrogen-bond acceptors (Lipinski definition) is 6. The molecule has 0 bridgehead atoms. The summed E-state index contributed by atoms with van der Waals surface area (Å²) < 4.78 is 0. The molecule has 0 aliphatic heterocycles. The minimum absolute atomic E-state index is 0.600. The molecule has 0 saturated carbocycles. The van der Waals surface area contributed by atoms with Crippen molar-refractivity contribution in [1.29, 1.82) is 0 Å². The molecule has 114 valence electrons. The number of rotatable bonds is 8. The highest BCUT2D eigenvalue weighted by Crippen LogP contribution is 2.21. The summed E-state index contributed by atoms with van der Waals surface area (Å²) in [6.07, 6.45) is 2.01. The highest BCUT2D eigenvalue weighted by Gasteiger charge is 2.13. The SMILES string of the molecule is CNc1cc(N(CCN(C)C)CC(C)C)nc(SC)n1. The Balaban J connectivity index is 2.98. The first-order chi connectivity index (χ1) is 9.46. The molecule has 0 amide bonds. The summed E-state index contributed by atoms with van der Waals surface area (Å²) in [6.45, 7) is 7.46. The van der Waals surface area contributed by atoms with Crippen molar-refractivity contribution in [3.8, 4) is 0 Å². The molecule has 0 unspecified atom stereocenters. The second-order valence-electron chi connectivity index (χ2n) is 5.49. The van der Waals surface area contributed by atoms with Crippen LogP contribution in [0.4, 0.5) is 11.6 Å². The van der Waals surface area contributed by atoms with Gasteiger partial charge in [0.2, 0.25) is 0 Å². The second kappa shape index (κ2) is 8.32. The first-order valence-corrected chi connectivity index (χ1v) is 8.19. The first-order valence-electron chi connectivity index (χ1n) is 6.96. The van der Waals surface area contributed by atoms with Crippen LogP contribution in [0.5, 0.6) is 0 Å². The zero-order valence-electron chi connectivity index (χ0n) is 13.5. The number of anilines is 2. The van der Waals surface area contributed by atoms with Crippen LogP contribution in [0.15, 0.2) is 11.2 Å². The van der Waals surface area contributed by atoms with Gasteiger partial charge in [0.05, 0.1) is 0 Å². The zero-order chi connectivity index (χ0) is 15.1. The van der Waals surface area contributed by atoms with Gasteiger partial charge < -0.3 is 15.1 Å². The Morgan fingerprint density at radius 2 is 1.95 bits per heavy atom. The van der Waals surface area contributed by atoms with Crippen LogP contribution in [0.25, 0.3) is 0 Å². The molecule has 1 N–H and O–H groups in total. The summed E-state index contributed by atoms with van der Waals surface area (Å²) in [6, 6.07) is 2.03. The van der Waals surface area contributed by atoms with E-state index in [1.54, 1.807) is 11.8 Å². The van der Waals surface area contributed by atoms with Gasteiger partial charge in [0, 0.05) is 32.7 Å². The van der Waals surface area contributed by atoms with Gasteiger partial charge >= 0.3 is 0 Å². The third-order valence-corrected chi connectivity index (χ3v) is 3.41. The lowest BCUT2D eigenvalue weighted by molar-refractivity contribution is 0.408. The lowest BCUT2D eigenvalue weighted by Crippen LogP contribution is -2.35. The minimum atomic E-state index is 0.600. The van der Waals surface area contributed by atoms with E-state index in [9.17, 15) is 0 Å². The maximum absolute atomic E-state index is 4.65. The smallest absolute Gasteiger partial charge is 0.191 e. The first kappa shape index (κ1) is 17.0. The van der Waals surface area contributed by atoms with E-state index < -0.39 is 0 Å². The summed E-state index contributed by atoms with van der Waals surface area (Å²) in [7, 11) is 6.09. The molecule has 1 rings (SSSR count). The number of hydrogen-bond donors (Lipinski definition) is 1. The number of thioether (sulfide) groups is 1. The van der Waals surface area contributed by atoms with Crippen LogP contribution in [0.2, 0.25) is 0 Å². The predicted octanol–water partition coefficient (Wildman–Crippen LogP) is 2.26. The van der Waals surface area contributed by atoms with Crippen LogP contribution in [0, 0.1) is 5.92 Å². The fourth-order valence-corrected chi connectivity index (χ4v) is 2.23. The molecule has 1 aromatic heterocycles. The van der Waals surface area contributed by atoms with Crippen LogP contribution in [-0.2, 0) is 0 Å². The van der Waals surface area contributed by atoms with Gasteiger partial charge in [0.25, 0.3) is 0 Å². The standard InChI is InChI=1S/C14H27N5S/c1-11(2)10-19(8-7-18(4)5)13-9-12(15-3)16-14(17-13)20-6/h9,11H,7-8,10H2,1-6H3,(H,15,16,17). The highest BCUT2D eigenvalue weighted by molar-refractivity contribution is 7.98. The van der Waals surface area contributed by atoms with Crippen LogP contribution in [0.3, 0.4) is 0 Å². The van der Waals surface area contributed by atoms with Crippen LogP contribution in [0.1, 0.15) is 13.8 Å². The third-order valence-electron chi connectivity index (χ3n) is 2.86. The number of nitrogens with one attached hydrogen (secondary N) is 1. The van der Waals surface area contributed by atoms with E-state index in [1.807, 2.05) is 19.4 Å². The quantitative estimate of drug-likeness (QED) is 0.586. The molecule has 1 aromatic rings. The van der Waals surface area contributed by atoms with Gasteiger partial charge in [0.15, 0.2) is 5.16 Å². The maximum atomic E-state index is 4.65. The van der Waals surface area contributed by atoms with Crippen LogP contribution in [-0.4, -0.2) is 61.9 Å².